The van der Waals surface area contributed by atoms with Crippen LogP contribution in [0.5, 0.6) is 5.75 Å². The third-order valence-corrected chi connectivity index (χ3v) is 4.09. The minimum absolute atomic E-state index is 0.704. The first kappa shape index (κ1) is 14.6. The molecule has 3 nitrogen and oxygen atoms in total. The Morgan fingerprint density at radius 2 is 2.21 bits per heavy atom. The topological polar surface area (TPSA) is 38.5 Å². The Morgan fingerprint density at radius 3 is 2.79 bits per heavy atom. The first-order valence-electron chi connectivity index (χ1n) is 7.01. The number of nitrogens with zero attached hydrogens (tertiary/aromatic N) is 1. The number of halogens is 1. The van der Waals surface area contributed by atoms with Gasteiger partial charge in [-0.2, -0.15) is 0 Å². The van der Waals surface area contributed by atoms with Crippen molar-refractivity contribution in [3.8, 4) is 5.75 Å². The van der Waals surface area contributed by atoms with Gasteiger partial charge in [0, 0.05) is 23.2 Å². The molecule has 2 rings (SSSR count). The predicted octanol–water partition coefficient (Wildman–Crippen LogP) is 3.05. The first-order chi connectivity index (χ1) is 9.24. The fraction of sp³-hybridized carbons (Fsp3) is 0.600. The Balaban J connectivity index is 2.08. The zero-order valence-electron chi connectivity index (χ0n) is 11.6. The number of nitrogens with two attached hydrogens (primary N) is 1. The molecule has 0 aromatic heterocycles. The molecule has 4 heteroatoms. The summed E-state index contributed by atoms with van der Waals surface area (Å²) in [6.45, 7) is 2.70. The summed E-state index contributed by atoms with van der Waals surface area (Å²) >= 11 is 6.09. The molecule has 0 aliphatic heterocycles. The number of ether oxygens (including phenoxy) is 1. The summed E-state index contributed by atoms with van der Waals surface area (Å²) in [6.07, 6.45) is 4.98. The molecule has 0 bridgehead atoms. The highest BCUT2D eigenvalue weighted by Gasteiger charge is 2.25. The van der Waals surface area contributed by atoms with Crippen molar-refractivity contribution in [1.82, 2.24) is 4.90 Å². The molecule has 1 aliphatic carbocycles. The van der Waals surface area contributed by atoms with Crippen molar-refractivity contribution in [1.29, 1.82) is 0 Å². The third kappa shape index (κ3) is 3.85. The Kier molecular flexibility index (Phi) is 5.49. The van der Waals surface area contributed by atoms with Gasteiger partial charge in [0.25, 0.3) is 0 Å². The average molecular weight is 283 g/mol. The zero-order chi connectivity index (χ0) is 13.7. The summed E-state index contributed by atoms with van der Waals surface area (Å²) in [6, 6.07) is 6.53. The van der Waals surface area contributed by atoms with Crippen LogP contribution in [-0.2, 0) is 6.54 Å². The molecule has 0 atom stereocenters. The number of rotatable bonds is 7. The Labute approximate surface area is 120 Å². The van der Waals surface area contributed by atoms with E-state index < -0.39 is 0 Å². The minimum atomic E-state index is 0.704. The van der Waals surface area contributed by atoms with Crippen LogP contribution in [0.4, 0.5) is 0 Å². The van der Waals surface area contributed by atoms with Crippen LogP contribution in [0.2, 0.25) is 5.02 Å². The van der Waals surface area contributed by atoms with Gasteiger partial charge < -0.3 is 10.5 Å². The van der Waals surface area contributed by atoms with Crippen molar-refractivity contribution in [3.05, 3.63) is 28.8 Å². The monoisotopic (exact) mass is 282 g/mol. The van der Waals surface area contributed by atoms with Crippen LogP contribution in [0.3, 0.4) is 0 Å². The van der Waals surface area contributed by atoms with E-state index in [9.17, 15) is 0 Å². The van der Waals surface area contributed by atoms with Crippen molar-refractivity contribution >= 4 is 11.6 Å². The van der Waals surface area contributed by atoms with Gasteiger partial charge in [-0.15, -0.1) is 0 Å². The van der Waals surface area contributed by atoms with Gasteiger partial charge in [-0.3, -0.25) is 4.90 Å². The molecule has 1 aromatic carbocycles. The van der Waals surface area contributed by atoms with Crippen LogP contribution in [0.1, 0.15) is 31.2 Å². The summed E-state index contributed by atoms with van der Waals surface area (Å²) in [7, 11) is 1.71. The molecule has 1 aliphatic rings. The van der Waals surface area contributed by atoms with Gasteiger partial charge in [0.1, 0.15) is 5.75 Å². The smallest absolute Gasteiger partial charge is 0.123 e. The maximum absolute atomic E-state index is 6.09. The molecule has 19 heavy (non-hydrogen) atoms. The summed E-state index contributed by atoms with van der Waals surface area (Å²) in [5, 5.41) is 0.767. The Morgan fingerprint density at radius 1 is 1.42 bits per heavy atom. The van der Waals surface area contributed by atoms with E-state index in [0.29, 0.717) is 6.04 Å². The van der Waals surface area contributed by atoms with E-state index >= 15 is 0 Å². The van der Waals surface area contributed by atoms with Gasteiger partial charge >= 0.3 is 0 Å². The van der Waals surface area contributed by atoms with Gasteiger partial charge in [-0.05, 0) is 50.6 Å². The van der Waals surface area contributed by atoms with Crippen molar-refractivity contribution in [2.24, 2.45) is 5.73 Å². The SMILES string of the molecule is COc1ccc(Cl)cc1CN(CCCN)C1CCC1. The molecule has 0 spiro atoms. The normalized spacial score (nSPS) is 15.6. The van der Waals surface area contributed by atoms with Crippen LogP contribution >= 0.6 is 11.6 Å². The summed E-state index contributed by atoms with van der Waals surface area (Å²) in [5.41, 5.74) is 6.80. The molecule has 0 radical (unpaired) electrons. The second-order valence-corrected chi connectivity index (χ2v) is 5.59. The first-order valence-corrected chi connectivity index (χ1v) is 7.39. The summed E-state index contributed by atoms with van der Waals surface area (Å²) < 4.78 is 5.43. The molecule has 106 valence electrons. The second-order valence-electron chi connectivity index (χ2n) is 5.15. The van der Waals surface area contributed by atoms with Crippen molar-refractivity contribution in [2.75, 3.05) is 20.2 Å². The Hall–Kier alpha value is -0.770. The zero-order valence-corrected chi connectivity index (χ0v) is 12.3. The number of methoxy groups -OCH3 is 1. The van der Waals surface area contributed by atoms with Gasteiger partial charge in [0.15, 0.2) is 0 Å². The number of hydrogen-bond acceptors (Lipinski definition) is 3. The van der Waals surface area contributed by atoms with E-state index in [0.717, 1.165) is 36.8 Å². The van der Waals surface area contributed by atoms with Crippen LogP contribution in [0.15, 0.2) is 18.2 Å². The lowest BCUT2D eigenvalue weighted by molar-refractivity contribution is 0.117. The molecule has 0 saturated heterocycles. The number of benzene rings is 1. The van der Waals surface area contributed by atoms with Crippen LogP contribution in [0, 0.1) is 0 Å². The second kappa shape index (κ2) is 7.13. The lowest BCUT2D eigenvalue weighted by Crippen LogP contribution is -2.40. The molecule has 2 N–H and O–H groups in total. The van der Waals surface area contributed by atoms with Gasteiger partial charge in [-0.1, -0.05) is 18.0 Å². The summed E-state index contributed by atoms with van der Waals surface area (Å²) in [5.74, 6) is 0.918. The lowest BCUT2D eigenvalue weighted by atomic mass is 9.91. The average Bonchev–Trinajstić information content (AvgIpc) is 2.34. The largest absolute Gasteiger partial charge is 0.496 e. The van der Waals surface area contributed by atoms with Crippen LogP contribution in [-0.4, -0.2) is 31.1 Å². The van der Waals surface area contributed by atoms with Gasteiger partial charge in [-0.25, -0.2) is 0 Å². The van der Waals surface area contributed by atoms with Crippen molar-refractivity contribution < 1.29 is 4.74 Å². The fourth-order valence-electron chi connectivity index (χ4n) is 2.53. The molecular weight excluding hydrogens is 260 g/mol. The number of hydrogen-bond donors (Lipinski definition) is 1. The molecule has 0 amide bonds. The standard InChI is InChI=1S/C15H23ClN2O/c1-19-15-7-6-13(16)10-12(15)11-18(9-3-8-17)14-4-2-5-14/h6-7,10,14H,2-5,8-9,11,17H2,1H3. The quantitative estimate of drug-likeness (QED) is 0.835. The molecule has 0 heterocycles. The Bertz CT molecular complexity index is 407. The highest BCUT2D eigenvalue weighted by atomic mass is 35.5. The highest BCUT2D eigenvalue weighted by Crippen LogP contribution is 2.29. The van der Waals surface area contributed by atoms with E-state index in [1.54, 1.807) is 7.11 Å². The molecule has 1 aromatic rings. The fourth-order valence-corrected chi connectivity index (χ4v) is 2.72. The molecular formula is C15H23ClN2O. The summed E-state index contributed by atoms with van der Waals surface area (Å²) in [4.78, 5) is 2.52. The van der Waals surface area contributed by atoms with Crippen molar-refractivity contribution in [3.63, 3.8) is 0 Å². The van der Waals surface area contributed by atoms with Crippen molar-refractivity contribution in [2.45, 2.75) is 38.3 Å². The minimum Gasteiger partial charge on any atom is -0.496 e. The lowest BCUT2D eigenvalue weighted by Gasteiger charge is -2.38. The molecule has 0 unspecified atom stereocenters. The maximum atomic E-state index is 6.09. The van der Waals surface area contributed by atoms with Gasteiger partial charge in [0.05, 0.1) is 7.11 Å². The predicted molar refractivity (Wildman–Crippen MR) is 79.7 cm³/mol. The van der Waals surface area contributed by atoms with Crippen LogP contribution < -0.4 is 10.5 Å². The van der Waals surface area contributed by atoms with E-state index in [1.165, 1.54) is 24.8 Å². The van der Waals surface area contributed by atoms with E-state index in [4.69, 9.17) is 22.1 Å². The molecule has 1 saturated carbocycles. The van der Waals surface area contributed by atoms with E-state index in [1.807, 2.05) is 18.2 Å². The van der Waals surface area contributed by atoms with E-state index in [-0.39, 0.29) is 0 Å². The van der Waals surface area contributed by atoms with E-state index in [2.05, 4.69) is 4.90 Å². The maximum Gasteiger partial charge on any atom is 0.123 e. The third-order valence-electron chi connectivity index (χ3n) is 3.86. The highest BCUT2D eigenvalue weighted by molar-refractivity contribution is 6.30. The van der Waals surface area contributed by atoms with Gasteiger partial charge in [0.2, 0.25) is 0 Å². The van der Waals surface area contributed by atoms with Crippen LogP contribution in [0.25, 0.3) is 0 Å². The molecule has 1 fully saturated rings.